The summed E-state index contributed by atoms with van der Waals surface area (Å²) in [5, 5.41) is 43.4. The Bertz CT molecular complexity index is 1570. The molecule has 4 aliphatic rings. The number of hydrogen-bond donors (Lipinski definition) is 10. The number of nitrogens with two attached hydrogens (primary N) is 1. The fourth-order valence-electron chi connectivity index (χ4n) is 11.2. The van der Waals surface area contributed by atoms with Gasteiger partial charge in [0, 0.05) is 45.4 Å². The summed E-state index contributed by atoms with van der Waals surface area (Å²) < 4.78 is 10.5. The monoisotopic (exact) mass is 924 g/mol. The molecule has 20 nitrogen and oxygen atoms in total. The van der Waals surface area contributed by atoms with E-state index in [0.717, 1.165) is 31.6 Å². The number of carboxylic acid groups (broad SMARTS) is 2. The summed E-state index contributed by atoms with van der Waals surface area (Å²) >= 11 is 0. The van der Waals surface area contributed by atoms with Crippen molar-refractivity contribution in [3.05, 3.63) is 0 Å². The molecule has 0 radical (unpaired) electrons. The summed E-state index contributed by atoms with van der Waals surface area (Å²) in [7, 11) is 0. The van der Waals surface area contributed by atoms with Gasteiger partial charge in [-0.1, -0.05) is 26.7 Å². The van der Waals surface area contributed by atoms with E-state index in [1.165, 1.54) is 44.9 Å². The summed E-state index contributed by atoms with van der Waals surface area (Å²) in [6, 6.07) is -1.24. The molecule has 0 aromatic heterocycles. The van der Waals surface area contributed by atoms with Crippen molar-refractivity contribution in [1.29, 1.82) is 0 Å². The first kappa shape index (κ1) is 54.9. The van der Waals surface area contributed by atoms with E-state index in [1.54, 1.807) is 0 Å². The zero-order valence-corrected chi connectivity index (χ0v) is 38.5. The number of carboxylic acids is 1. The van der Waals surface area contributed by atoms with Gasteiger partial charge in [0.05, 0.1) is 39.0 Å². The minimum absolute atomic E-state index is 0.0261. The molecule has 4 aliphatic carbocycles. The van der Waals surface area contributed by atoms with E-state index in [1.807, 2.05) is 0 Å². The number of ether oxygens (including phenoxy) is 2. The molecule has 6 amide bonds. The van der Waals surface area contributed by atoms with Crippen LogP contribution in [-0.2, 0) is 47.8 Å². The van der Waals surface area contributed by atoms with Crippen molar-refractivity contribution >= 4 is 47.9 Å². The first-order chi connectivity index (χ1) is 31.1. The molecular weight excluding hydrogens is 847 g/mol. The maximum atomic E-state index is 12.7. The highest BCUT2D eigenvalue weighted by Crippen LogP contribution is 2.67. The summed E-state index contributed by atoms with van der Waals surface area (Å²) in [5.41, 5.74) is 5.57. The Kier molecular flexibility index (Phi) is 24.2. The normalized spacial score (nSPS) is 26.8. The molecule has 0 aromatic carbocycles. The predicted octanol–water partition coefficient (Wildman–Crippen LogP) is 0.580. The van der Waals surface area contributed by atoms with Crippen LogP contribution < -0.4 is 37.6 Å². The number of nitrogens with one attached hydrogen (secondary N) is 6. The maximum Gasteiger partial charge on any atom is 0.326 e. The average Bonchev–Trinajstić information content (AvgIpc) is 3.62. The Hall–Kier alpha value is -4.40. The number of fused-ring (bicyclic) bond motifs is 5. The lowest BCUT2D eigenvalue weighted by molar-refractivity contribution is -0.164. The number of aliphatic hydroxyl groups excluding tert-OH is 1. The van der Waals surface area contributed by atoms with Gasteiger partial charge >= 0.3 is 5.97 Å². The molecule has 9 atom stereocenters. The van der Waals surface area contributed by atoms with E-state index in [4.69, 9.17) is 25.1 Å². The Morgan fingerprint density at radius 3 is 2.09 bits per heavy atom. The topological polar surface area (TPSA) is 314 Å². The van der Waals surface area contributed by atoms with Crippen LogP contribution in [-0.4, -0.2) is 141 Å². The van der Waals surface area contributed by atoms with Gasteiger partial charge in [0.15, 0.2) is 0 Å². The van der Waals surface area contributed by atoms with Crippen LogP contribution in [0.5, 0.6) is 0 Å². The van der Waals surface area contributed by atoms with Crippen molar-refractivity contribution in [3.8, 4) is 0 Å². The van der Waals surface area contributed by atoms with Crippen molar-refractivity contribution < 1.29 is 63.1 Å². The second-order valence-corrected chi connectivity index (χ2v) is 18.4. The van der Waals surface area contributed by atoms with Crippen LogP contribution in [0.15, 0.2) is 0 Å². The molecule has 0 heterocycles. The van der Waals surface area contributed by atoms with Crippen LogP contribution in [0.1, 0.15) is 117 Å². The zero-order valence-electron chi connectivity index (χ0n) is 38.5. The molecule has 4 rings (SSSR count). The summed E-state index contributed by atoms with van der Waals surface area (Å²) in [4.78, 5) is 92.6. The maximum absolute atomic E-state index is 12.7. The third-order valence-corrected chi connectivity index (χ3v) is 14.6. The first-order valence-corrected chi connectivity index (χ1v) is 23.6. The fraction of sp³-hybridized carbons (Fsp3) is 0.822. The van der Waals surface area contributed by atoms with Crippen molar-refractivity contribution in [1.82, 2.24) is 31.9 Å². The van der Waals surface area contributed by atoms with Crippen LogP contribution in [0, 0.1) is 40.4 Å². The van der Waals surface area contributed by atoms with Gasteiger partial charge in [0.25, 0.3) is 6.47 Å². The van der Waals surface area contributed by atoms with Crippen LogP contribution in [0.25, 0.3) is 0 Å². The average molecular weight is 924 g/mol. The molecule has 0 bridgehead atoms. The van der Waals surface area contributed by atoms with E-state index in [0.29, 0.717) is 55.0 Å². The number of amides is 6. The molecule has 0 aliphatic heterocycles. The highest BCUT2D eigenvalue weighted by Gasteiger charge is 2.62. The quantitative estimate of drug-likeness (QED) is 0.0398. The first-order valence-electron chi connectivity index (χ1n) is 23.6. The lowest BCUT2D eigenvalue weighted by Crippen LogP contribution is -2.57. The predicted molar refractivity (Wildman–Crippen MR) is 238 cm³/mol. The fourth-order valence-corrected chi connectivity index (χ4v) is 11.2. The van der Waals surface area contributed by atoms with E-state index in [9.17, 15) is 43.8 Å². The Balaban J connectivity index is 0.00000363. The molecule has 370 valence electrons. The Labute approximate surface area is 382 Å². The molecule has 20 heteroatoms. The van der Waals surface area contributed by atoms with Gasteiger partial charge in [-0.25, -0.2) is 4.79 Å². The van der Waals surface area contributed by atoms with E-state index in [-0.39, 0.29) is 95.8 Å². The van der Waals surface area contributed by atoms with Gasteiger partial charge in [-0.2, -0.15) is 0 Å². The van der Waals surface area contributed by atoms with Crippen molar-refractivity contribution in [2.45, 2.75) is 129 Å². The number of rotatable bonds is 27. The largest absolute Gasteiger partial charge is 0.483 e. The third kappa shape index (κ3) is 17.4. The number of carbonyl (C=O) groups is 8. The number of aliphatic carboxylic acids is 1. The van der Waals surface area contributed by atoms with Gasteiger partial charge in [-0.05, 0) is 111 Å². The summed E-state index contributed by atoms with van der Waals surface area (Å²) in [6.45, 7) is 5.11. The van der Waals surface area contributed by atoms with Crippen LogP contribution >= 0.6 is 0 Å². The molecule has 4 saturated carbocycles. The van der Waals surface area contributed by atoms with Crippen LogP contribution in [0.4, 0.5) is 0 Å². The minimum atomic E-state index is -1.25. The van der Waals surface area contributed by atoms with Gasteiger partial charge in [-0.15, -0.1) is 0 Å². The lowest BCUT2D eigenvalue weighted by Gasteiger charge is -2.62. The second-order valence-electron chi connectivity index (χ2n) is 18.4. The molecule has 65 heavy (non-hydrogen) atoms. The van der Waals surface area contributed by atoms with E-state index in [2.05, 4.69) is 45.7 Å². The molecular formula is C45H77N7O13. The van der Waals surface area contributed by atoms with Crippen LogP contribution in [0.3, 0.4) is 0 Å². The molecule has 4 fully saturated rings. The molecule has 0 aromatic rings. The van der Waals surface area contributed by atoms with Gasteiger partial charge in [0.1, 0.15) is 12.6 Å². The second kappa shape index (κ2) is 28.6. The van der Waals surface area contributed by atoms with Gasteiger partial charge < -0.3 is 62.4 Å². The number of aliphatic hydroxyl groups is 1. The van der Waals surface area contributed by atoms with E-state index < -0.39 is 41.5 Å². The third-order valence-electron chi connectivity index (χ3n) is 14.6. The number of hydrogen-bond acceptors (Lipinski definition) is 12. The Morgan fingerprint density at radius 2 is 1.37 bits per heavy atom. The standard InChI is InChI=1S/C44H75N7O11.CH2O2/c1-43-17-4-3-7-29(43)11-13-31-32-14-12-30(44(32,2)35(52)25-33(31)43)8-5-9-36(53)46-19-6-10-38(55)51-34(42(59)60)15-16-37(54)48-21-22-61-23-24-62-28-41(58)50-27-40(57)49-26-39(56)47-20-18-45;2-1-3/h29-35,52H,3-28,45H2,1-2H3,(H,46,53)(H,47,56)(H,48,54)(H,49,57)(H,50,58)(H,51,55)(H,59,60);1H,(H,2,3)/t29?,30?,31?,32?,33?,34?,35-,43?,44?;/m0./s1. The summed E-state index contributed by atoms with van der Waals surface area (Å²) in [6.07, 6.45) is 13.1. The lowest BCUT2D eigenvalue weighted by atomic mass is 9.44. The van der Waals surface area contributed by atoms with Crippen molar-refractivity contribution in [2.24, 2.45) is 46.2 Å². The van der Waals surface area contributed by atoms with Gasteiger partial charge in [0.2, 0.25) is 35.4 Å². The summed E-state index contributed by atoms with van der Waals surface area (Å²) in [5.74, 6) is -0.552. The number of carbonyl (C=O) groups excluding carboxylic acids is 6. The highest BCUT2D eigenvalue weighted by atomic mass is 16.5. The molecule has 0 spiro atoms. The molecule has 0 saturated heterocycles. The van der Waals surface area contributed by atoms with Crippen molar-refractivity contribution in [3.63, 3.8) is 0 Å². The smallest absolute Gasteiger partial charge is 0.326 e. The SMILES string of the molecule is CC12CCCCC1CCC1C2C[C@H](O)C2(C)C(CCCC(=O)NCCCC(=O)NC(CCC(=O)NCCOCCOCC(=O)NCC(=O)NCC(=O)NCCN)C(=O)O)CCC12.O=CO. The highest BCUT2D eigenvalue weighted by molar-refractivity contribution is 5.88. The van der Waals surface area contributed by atoms with E-state index >= 15 is 0 Å². The van der Waals surface area contributed by atoms with Crippen LogP contribution in [0.2, 0.25) is 0 Å². The zero-order chi connectivity index (χ0) is 47.8. The van der Waals surface area contributed by atoms with Crippen molar-refractivity contribution in [2.75, 3.05) is 65.7 Å². The van der Waals surface area contributed by atoms with Gasteiger partial charge in [-0.3, -0.25) is 33.6 Å². The Morgan fingerprint density at radius 1 is 0.723 bits per heavy atom. The molecule has 11 N–H and O–H groups in total. The minimum Gasteiger partial charge on any atom is -0.483 e. The molecule has 8 unspecified atom stereocenters.